The fourth-order valence-corrected chi connectivity index (χ4v) is 3.92. The van der Waals surface area contributed by atoms with E-state index in [1.165, 1.54) is 11.3 Å². The maximum atomic E-state index is 12.1. The Morgan fingerprint density at radius 3 is 2.63 bits per heavy atom. The zero-order valence-electron chi connectivity index (χ0n) is 14.7. The van der Waals surface area contributed by atoms with Crippen molar-refractivity contribution in [1.29, 1.82) is 0 Å². The molecule has 0 bridgehead atoms. The number of carbonyl (C=O) groups is 1. The molecule has 6 heteroatoms. The topological polar surface area (TPSA) is 77.7 Å². The molecule has 0 radical (unpaired) electrons. The average Bonchev–Trinajstić information content (AvgIpc) is 3.24. The van der Waals surface area contributed by atoms with Gasteiger partial charge in [-0.3, -0.25) is 4.79 Å². The quantitative estimate of drug-likeness (QED) is 0.665. The van der Waals surface area contributed by atoms with Gasteiger partial charge in [-0.1, -0.05) is 42.5 Å². The van der Waals surface area contributed by atoms with Crippen LogP contribution < -0.4 is 10.5 Å². The molecule has 2 aromatic carbocycles. The number of benzene rings is 2. The summed E-state index contributed by atoms with van der Waals surface area (Å²) in [6.07, 6.45) is 3.37. The van der Waals surface area contributed by atoms with Gasteiger partial charge in [-0.05, 0) is 29.8 Å². The highest BCUT2D eigenvalue weighted by Crippen LogP contribution is 2.49. The van der Waals surface area contributed by atoms with E-state index in [-0.39, 0.29) is 0 Å². The van der Waals surface area contributed by atoms with E-state index in [1.54, 1.807) is 7.11 Å². The molecule has 1 fully saturated rings. The van der Waals surface area contributed by atoms with Gasteiger partial charge in [0.2, 0.25) is 5.60 Å². The third-order valence-corrected chi connectivity index (χ3v) is 5.45. The van der Waals surface area contributed by atoms with Crippen molar-refractivity contribution in [2.75, 3.05) is 7.11 Å². The van der Waals surface area contributed by atoms with Gasteiger partial charge >= 0.3 is 0 Å². The molecular formula is C21H18N2O3S. The van der Waals surface area contributed by atoms with E-state index in [0.717, 1.165) is 22.6 Å². The molecule has 5 nitrogen and oxygen atoms in total. The molecule has 2 heterocycles. The summed E-state index contributed by atoms with van der Waals surface area (Å²) in [4.78, 5) is 16.8. The fraction of sp³-hybridized carbons (Fsp3) is 0.143. The van der Waals surface area contributed by atoms with Crippen molar-refractivity contribution in [2.24, 2.45) is 5.73 Å². The minimum absolute atomic E-state index is 0.412. The van der Waals surface area contributed by atoms with Crippen molar-refractivity contribution in [3.8, 4) is 17.0 Å². The lowest BCUT2D eigenvalue weighted by Crippen LogP contribution is -2.31. The smallest absolute Gasteiger partial charge is 0.260 e. The monoisotopic (exact) mass is 378 g/mol. The number of ether oxygens (including phenoxy) is 2. The Balaban J connectivity index is 1.58. The van der Waals surface area contributed by atoms with Crippen molar-refractivity contribution in [1.82, 2.24) is 4.98 Å². The molecule has 1 aromatic heterocycles. The predicted octanol–water partition coefficient (Wildman–Crippen LogP) is 3.61. The van der Waals surface area contributed by atoms with Crippen LogP contribution in [-0.2, 0) is 15.1 Å². The number of thiazole rings is 1. The number of methoxy groups -OCH3 is 1. The van der Waals surface area contributed by atoms with Gasteiger partial charge < -0.3 is 15.2 Å². The molecule has 1 aliphatic heterocycles. The molecule has 136 valence electrons. The molecule has 4 rings (SSSR count). The largest absolute Gasteiger partial charge is 0.497 e. The molecule has 27 heavy (non-hydrogen) atoms. The molecule has 2 unspecified atom stereocenters. The normalized spacial score (nSPS) is 21.3. The summed E-state index contributed by atoms with van der Waals surface area (Å²) in [7, 11) is 1.63. The first-order valence-electron chi connectivity index (χ1n) is 8.45. The van der Waals surface area contributed by atoms with Crippen LogP contribution >= 0.6 is 11.3 Å². The summed E-state index contributed by atoms with van der Waals surface area (Å²) in [5, 5.41) is 2.48. The highest BCUT2D eigenvalue weighted by Gasteiger charge is 2.64. The highest BCUT2D eigenvalue weighted by molar-refractivity contribution is 7.10. The Morgan fingerprint density at radius 2 is 1.96 bits per heavy atom. The lowest BCUT2D eigenvalue weighted by atomic mass is 10.0. The fourth-order valence-electron chi connectivity index (χ4n) is 2.92. The molecule has 3 aromatic rings. The Hall–Kier alpha value is -2.96. The van der Waals surface area contributed by atoms with Crippen LogP contribution in [0.15, 0.2) is 66.1 Å². The summed E-state index contributed by atoms with van der Waals surface area (Å²) < 4.78 is 10.9. The van der Waals surface area contributed by atoms with E-state index in [9.17, 15) is 4.79 Å². The summed E-state index contributed by atoms with van der Waals surface area (Å²) in [6, 6.07) is 17.4. The first kappa shape index (κ1) is 17.5. The standard InChI is InChI=1S/C21H18N2O3S/c1-25-16-10-8-15(9-11-16)17-13-27-20(23-17)21(19(22)24)18(26-21)12-7-14-5-3-2-4-6-14/h2-13,18H,1H3,(H2,22,24). The van der Waals surface area contributed by atoms with Crippen LogP contribution in [0.25, 0.3) is 17.3 Å². The Bertz CT molecular complexity index is 982. The van der Waals surface area contributed by atoms with Crippen LogP contribution in [0, 0.1) is 0 Å². The summed E-state index contributed by atoms with van der Waals surface area (Å²) in [5.41, 5.74) is 7.23. The van der Waals surface area contributed by atoms with Crippen LogP contribution in [0.5, 0.6) is 5.75 Å². The first-order chi connectivity index (χ1) is 13.1. The van der Waals surface area contributed by atoms with E-state index in [4.69, 9.17) is 15.2 Å². The second-order valence-corrected chi connectivity index (χ2v) is 7.03. The van der Waals surface area contributed by atoms with Crippen LogP contribution in [0.1, 0.15) is 10.6 Å². The maximum absolute atomic E-state index is 12.1. The van der Waals surface area contributed by atoms with Crippen LogP contribution in [-0.4, -0.2) is 24.1 Å². The number of hydrogen-bond acceptors (Lipinski definition) is 5. The summed E-state index contributed by atoms with van der Waals surface area (Å²) in [5.74, 6) is 0.250. The SMILES string of the molecule is COc1ccc(-c2csc(C3(C(N)=O)OC3C=Cc3ccccc3)n2)cc1. The Morgan fingerprint density at radius 1 is 1.22 bits per heavy atom. The van der Waals surface area contributed by atoms with Gasteiger partial charge in [0.15, 0.2) is 0 Å². The number of nitrogens with two attached hydrogens (primary N) is 1. The lowest BCUT2D eigenvalue weighted by Gasteiger charge is -2.04. The third kappa shape index (κ3) is 3.25. The van der Waals surface area contributed by atoms with E-state index in [1.807, 2.05) is 72.1 Å². The minimum Gasteiger partial charge on any atom is -0.497 e. The van der Waals surface area contributed by atoms with Gasteiger partial charge in [0, 0.05) is 10.9 Å². The Kier molecular flexibility index (Phi) is 4.51. The molecule has 2 atom stereocenters. The van der Waals surface area contributed by atoms with Gasteiger partial charge in [0.25, 0.3) is 5.91 Å². The number of hydrogen-bond donors (Lipinski definition) is 1. The van der Waals surface area contributed by atoms with Gasteiger partial charge in [0.1, 0.15) is 16.9 Å². The van der Waals surface area contributed by atoms with E-state index in [0.29, 0.717) is 5.01 Å². The second kappa shape index (κ2) is 6.98. The molecule has 2 N–H and O–H groups in total. The molecule has 1 saturated heterocycles. The van der Waals surface area contributed by atoms with Gasteiger partial charge in [-0.15, -0.1) is 11.3 Å². The zero-order chi connectivity index (χ0) is 18.9. The Labute approximate surface area is 161 Å². The molecule has 0 aliphatic carbocycles. The third-order valence-electron chi connectivity index (χ3n) is 4.49. The number of primary amides is 1. The predicted molar refractivity (Wildman–Crippen MR) is 105 cm³/mol. The molecule has 1 aliphatic rings. The van der Waals surface area contributed by atoms with Gasteiger partial charge in [-0.2, -0.15) is 0 Å². The van der Waals surface area contributed by atoms with Crippen LogP contribution in [0.2, 0.25) is 0 Å². The number of epoxide rings is 1. The average molecular weight is 378 g/mol. The van der Waals surface area contributed by atoms with Crippen molar-refractivity contribution in [3.63, 3.8) is 0 Å². The maximum Gasteiger partial charge on any atom is 0.260 e. The number of aromatic nitrogens is 1. The second-order valence-electron chi connectivity index (χ2n) is 6.17. The van der Waals surface area contributed by atoms with E-state index in [2.05, 4.69) is 4.98 Å². The molecule has 1 amide bonds. The number of nitrogens with zero attached hydrogens (tertiary/aromatic N) is 1. The number of carbonyl (C=O) groups excluding carboxylic acids is 1. The molecule has 0 saturated carbocycles. The van der Waals surface area contributed by atoms with Crippen molar-refractivity contribution in [2.45, 2.75) is 11.7 Å². The van der Waals surface area contributed by atoms with E-state index >= 15 is 0 Å². The minimum atomic E-state index is -1.18. The van der Waals surface area contributed by atoms with Gasteiger partial charge in [0.05, 0.1) is 12.8 Å². The van der Waals surface area contributed by atoms with Crippen molar-refractivity contribution < 1.29 is 14.3 Å². The van der Waals surface area contributed by atoms with Crippen LogP contribution in [0.3, 0.4) is 0 Å². The zero-order valence-corrected chi connectivity index (χ0v) is 15.5. The number of rotatable bonds is 6. The van der Waals surface area contributed by atoms with Crippen LogP contribution in [0.4, 0.5) is 0 Å². The molecule has 0 spiro atoms. The summed E-state index contributed by atoms with van der Waals surface area (Å²) >= 11 is 1.38. The van der Waals surface area contributed by atoms with Crippen molar-refractivity contribution in [3.05, 3.63) is 76.6 Å². The van der Waals surface area contributed by atoms with E-state index < -0.39 is 17.6 Å². The summed E-state index contributed by atoms with van der Waals surface area (Å²) in [6.45, 7) is 0. The molecular weight excluding hydrogens is 360 g/mol. The number of amides is 1. The first-order valence-corrected chi connectivity index (χ1v) is 9.33. The lowest BCUT2D eigenvalue weighted by molar-refractivity contribution is -0.123. The van der Waals surface area contributed by atoms with Gasteiger partial charge in [-0.25, -0.2) is 4.98 Å². The van der Waals surface area contributed by atoms with Crippen molar-refractivity contribution >= 4 is 23.3 Å². The highest BCUT2D eigenvalue weighted by atomic mass is 32.1.